The number of hydrogen-bond acceptors (Lipinski definition) is 6. The van der Waals surface area contributed by atoms with E-state index in [0.717, 1.165) is 22.5 Å². The van der Waals surface area contributed by atoms with E-state index in [1.54, 1.807) is 33.1 Å². The monoisotopic (exact) mass is 357 g/mol. The van der Waals surface area contributed by atoms with E-state index in [1.165, 1.54) is 4.90 Å². The van der Waals surface area contributed by atoms with Crippen molar-refractivity contribution in [2.24, 2.45) is 0 Å². The lowest BCUT2D eigenvalue weighted by atomic mass is 10.0. The van der Waals surface area contributed by atoms with Gasteiger partial charge in [0.05, 0.1) is 21.3 Å². The Morgan fingerprint density at radius 3 is 1.84 bits per heavy atom. The second-order valence-electron chi connectivity index (χ2n) is 5.16. The van der Waals surface area contributed by atoms with Crippen LogP contribution >= 0.6 is 11.8 Å². The van der Waals surface area contributed by atoms with Crippen molar-refractivity contribution in [2.75, 3.05) is 27.6 Å². The van der Waals surface area contributed by atoms with E-state index < -0.39 is 0 Å². The van der Waals surface area contributed by atoms with Gasteiger partial charge in [-0.25, -0.2) is 0 Å². The van der Waals surface area contributed by atoms with Gasteiger partial charge in [-0.2, -0.15) is 15.4 Å². The number of rotatable bonds is 6. The summed E-state index contributed by atoms with van der Waals surface area (Å²) in [6.07, 6.45) is 2.05. The predicted octanol–water partition coefficient (Wildman–Crippen LogP) is 3.89. The zero-order valence-electron chi connectivity index (χ0n) is 14.5. The highest BCUT2D eigenvalue weighted by Crippen LogP contribution is 2.42. The van der Waals surface area contributed by atoms with E-state index in [9.17, 15) is 0 Å². The standard InChI is InChI=1S/C18H19N3O3S/c1-22-14-9-12(10-15(23-2)18(14)24-3)17-16(19-21-20-17)11-5-7-13(25-4)8-6-11/h5-10H,1-4H3,(H,19,20,21). The van der Waals surface area contributed by atoms with E-state index in [1.807, 2.05) is 30.5 Å². The van der Waals surface area contributed by atoms with Gasteiger partial charge in [0.1, 0.15) is 11.4 Å². The quantitative estimate of drug-likeness (QED) is 0.675. The number of methoxy groups -OCH3 is 3. The Morgan fingerprint density at radius 1 is 0.800 bits per heavy atom. The fraction of sp³-hybridized carbons (Fsp3) is 0.222. The Balaban J connectivity index is 2.10. The summed E-state index contributed by atoms with van der Waals surface area (Å²) in [5.41, 5.74) is 3.29. The Morgan fingerprint density at radius 2 is 1.36 bits per heavy atom. The third kappa shape index (κ3) is 3.28. The van der Waals surface area contributed by atoms with Crippen molar-refractivity contribution in [2.45, 2.75) is 4.90 Å². The molecule has 130 valence electrons. The van der Waals surface area contributed by atoms with Crippen molar-refractivity contribution in [1.82, 2.24) is 15.4 Å². The Hall–Kier alpha value is -2.67. The average molecular weight is 357 g/mol. The van der Waals surface area contributed by atoms with Crippen LogP contribution in [0.4, 0.5) is 0 Å². The smallest absolute Gasteiger partial charge is 0.203 e. The molecule has 3 aromatic rings. The molecule has 3 rings (SSSR count). The first-order valence-electron chi connectivity index (χ1n) is 7.57. The van der Waals surface area contributed by atoms with E-state index in [-0.39, 0.29) is 0 Å². The van der Waals surface area contributed by atoms with Gasteiger partial charge in [0.15, 0.2) is 11.5 Å². The van der Waals surface area contributed by atoms with Crippen molar-refractivity contribution >= 4 is 11.8 Å². The summed E-state index contributed by atoms with van der Waals surface area (Å²) in [4.78, 5) is 1.20. The summed E-state index contributed by atoms with van der Waals surface area (Å²) in [7, 11) is 4.76. The van der Waals surface area contributed by atoms with E-state index in [4.69, 9.17) is 14.2 Å². The number of aromatic amines is 1. The van der Waals surface area contributed by atoms with Gasteiger partial charge in [-0.3, -0.25) is 0 Å². The van der Waals surface area contributed by atoms with Crippen LogP contribution in [0.2, 0.25) is 0 Å². The molecule has 2 aromatic carbocycles. The van der Waals surface area contributed by atoms with Crippen molar-refractivity contribution in [3.63, 3.8) is 0 Å². The molecule has 0 aliphatic rings. The molecular weight excluding hydrogens is 338 g/mol. The van der Waals surface area contributed by atoms with Crippen LogP contribution in [-0.4, -0.2) is 43.0 Å². The molecule has 0 spiro atoms. The first-order valence-corrected chi connectivity index (χ1v) is 8.79. The topological polar surface area (TPSA) is 69.3 Å². The second-order valence-corrected chi connectivity index (χ2v) is 6.04. The predicted molar refractivity (Wildman–Crippen MR) is 98.7 cm³/mol. The molecular formula is C18H19N3O3S. The fourth-order valence-corrected chi connectivity index (χ4v) is 3.01. The molecule has 0 atom stereocenters. The van der Waals surface area contributed by atoms with Gasteiger partial charge in [0.2, 0.25) is 5.75 Å². The molecule has 25 heavy (non-hydrogen) atoms. The molecule has 0 radical (unpaired) electrons. The van der Waals surface area contributed by atoms with Crippen LogP contribution in [0.5, 0.6) is 17.2 Å². The summed E-state index contributed by atoms with van der Waals surface area (Å²) in [6.45, 7) is 0. The molecule has 0 fully saturated rings. The molecule has 6 nitrogen and oxygen atoms in total. The minimum Gasteiger partial charge on any atom is -0.493 e. The number of nitrogens with zero attached hydrogens (tertiary/aromatic N) is 2. The van der Waals surface area contributed by atoms with E-state index >= 15 is 0 Å². The number of aromatic nitrogens is 3. The number of nitrogens with one attached hydrogen (secondary N) is 1. The summed E-state index contributed by atoms with van der Waals surface area (Å²) in [5.74, 6) is 1.69. The molecule has 0 aliphatic carbocycles. The SMILES string of the molecule is COc1cc(-c2n[nH]nc2-c2ccc(SC)cc2)cc(OC)c1OC. The van der Waals surface area contributed by atoms with Crippen molar-refractivity contribution in [1.29, 1.82) is 0 Å². The lowest BCUT2D eigenvalue weighted by molar-refractivity contribution is 0.324. The molecule has 1 heterocycles. The average Bonchev–Trinajstić information content (AvgIpc) is 3.16. The number of ether oxygens (including phenoxy) is 3. The van der Waals surface area contributed by atoms with Crippen LogP contribution in [0.25, 0.3) is 22.5 Å². The minimum atomic E-state index is 0.545. The molecule has 0 amide bonds. The fourth-order valence-electron chi connectivity index (χ4n) is 2.60. The molecule has 0 unspecified atom stereocenters. The van der Waals surface area contributed by atoms with Gasteiger partial charge < -0.3 is 14.2 Å². The molecule has 0 saturated carbocycles. The molecule has 7 heteroatoms. The molecule has 0 bridgehead atoms. The molecule has 1 N–H and O–H groups in total. The number of hydrogen-bond donors (Lipinski definition) is 1. The van der Waals surface area contributed by atoms with Gasteiger partial charge in [0.25, 0.3) is 0 Å². The van der Waals surface area contributed by atoms with Crippen molar-refractivity contribution in [3.05, 3.63) is 36.4 Å². The lowest BCUT2D eigenvalue weighted by Gasteiger charge is -2.13. The maximum atomic E-state index is 5.43. The van der Waals surface area contributed by atoms with Crippen molar-refractivity contribution < 1.29 is 14.2 Å². The maximum absolute atomic E-state index is 5.43. The zero-order chi connectivity index (χ0) is 17.8. The van der Waals surface area contributed by atoms with Crippen LogP contribution in [0.15, 0.2) is 41.3 Å². The summed E-state index contributed by atoms with van der Waals surface area (Å²) in [5, 5.41) is 11.3. The third-order valence-corrected chi connectivity index (χ3v) is 4.59. The van der Waals surface area contributed by atoms with Gasteiger partial charge >= 0.3 is 0 Å². The lowest BCUT2D eigenvalue weighted by Crippen LogP contribution is -1.96. The second kappa shape index (κ2) is 7.48. The third-order valence-electron chi connectivity index (χ3n) is 3.85. The van der Waals surface area contributed by atoms with Gasteiger partial charge in [0, 0.05) is 16.0 Å². The summed E-state index contributed by atoms with van der Waals surface area (Å²) >= 11 is 1.70. The van der Waals surface area contributed by atoms with Gasteiger partial charge in [-0.1, -0.05) is 12.1 Å². The highest BCUT2D eigenvalue weighted by atomic mass is 32.2. The summed E-state index contributed by atoms with van der Waals surface area (Å²) in [6, 6.07) is 11.9. The number of benzene rings is 2. The van der Waals surface area contributed by atoms with Crippen LogP contribution in [-0.2, 0) is 0 Å². The highest BCUT2D eigenvalue weighted by Gasteiger charge is 2.18. The van der Waals surface area contributed by atoms with Crippen molar-refractivity contribution in [3.8, 4) is 39.8 Å². The van der Waals surface area contributed by atoms with Gasteiger partial charge in [-0.15, -0.1) is 11.8 Å². The largest absolute Gasteiger partial charge is 0.493 e. The molecule has 1 aromatic heterocycles. The Kier molecular flexibility index (Phi) is 5.14. The van der Waals surface area contributed by atoms with E-state index in [2.05, 4.69) is 27.5 Å². The Labute approximate surface area is 150 Å². The summed E-state index contributed by atoms with van der Waals surface area (Å²) < 4.78 is 16.2. The number of H-pyrrole nitrogens is 1. The van der Waals surface area contributed by atoms with E-state index in [0.29, 0.717) is 17.2 Å². The Bertz CT molecular complexity index is 837. The first kappa shape index (κ1) is 17.2. The first-order chi connectivity index (χ1) is 12.2. The van der Waals surface area contributed by atoms with Crippen LogP contribution in [0.3, 0.4) is 0 Å². The highest BCUT2D eigenvalue weighted by molar-refractivity contribution is 7.98. The van der Waals surface area contributed by atoms with Crippen LogP contribution in [0.1, 0.15) is 0 Å². The zero-order valence-corrected chi connectivity index (χ0v) is 15.3. The molecule has 0 saturated heterocycles. The normalized spacial score (nSPS) is 10.6. The van der Waals surface area contributed by atoms with Crippen LogP contribution < -0.4 is 14.2 Å². The minimum absolute atomic E-state index is 0.545. The van der Waals surface area contributed by atoms with Crippen LogP contribution in [0, 0.1) is 0 Å². The number of thioether (sulfide) groups is 1. The van der Waals surface area contributed by atoms with Gasteiger partial charge in [-0.05, 0) is 30.5 Å². The molecule has 0 aliphatic heterocycles. The maximum Gasteiger partial charge on any atom is 0.203 e.